The quantitative estimate of drug-likeness (QED) is 0.490. The zero-order valence-corrected chi connectivity index (χ0v) is 12.5. The Bertz CT molecular complexity index is 704. The van der Waals surface area contributed by atoms with Crippen LogP contribution in [0.3, 0.4) is 0 Å². The van der Waals surface area contributed by atoms with Gasteiger partial charge in [0.1, 0.15) is 19.5 Å². The third-order valence-electron chi connectivity index (χ3n) is 2.91. The van der Waals surface area contributed by atoms with Crippen molar-refractivity contribution in [2.75, 3.05) is 18.5 Å². The highest BCUT2D eigenvalue weighted by Gasteiger charge is 2.24. The van der Waals surface area contributed by atoms with E-state index in [-0.39, 0.29) is 18.1 Å². The number of carbonyl (C=O) groups is 2. The highest BCUT2D eigenvalue weighted by Crippen LogP contribution is 2.22. The fraction of sp³-hybridized carbons (Fsp3) is 0.286. The molecule has 0 aliphatic carbocycles. The normalized spacial score (nSPS) is 14.5. The Morgan fingerprint density at radius 1 is 1.42 bits per heavy atom. The van der Waals surface area contributed by atoms with Crippen LogP contribution in [0, 0.1) is 15.9 Å². The first kappa shape index (κ1) is 17.2. The monoisotopic (exact) mass is 340 g/mol. The molecule has 1 aliphatic heterocycles. The minimum Gasteiger partial charge on any atom is -0.493 e. The number of hydrogen-bond donors (Lipinski definition) is 1. The van der Waals surface area contributed by atoms with E-state index in [9.17, 15) is 24.1 Å². The number of nitrogens with zero attached hydrogens (tertiary/aromatic N) is 1. The van der Waals surface area contributed by atoms with Crippen molar-refractivity contribution in [1.29, 1.82) is 0 Å². The maximum absolute atomic E-state index is 13.2. The van der Waals surface area contributed by atoms with Gasteiger partial charge in [-0.2, -0.15) is 4.39 Å². The number of nitro benzene ring substituents is 1. The molecule has 0 radical (unpaired) electrons. The molecule has 1 aromatic rings. The number of benzene rings is 1. The van der Waals surface area contributed by atoms with Crippen LogP contribution in [0.4, 0.5) is 15.8 Å². The second kappa shape index (κ2) is 7.40. The lowest BCUT2D eigenvalue weighted by Gasteiger charge is -2.17. The Morgan fingerprint density at radius 2 is 2.17 bits per heavy atom. The molecule has 0 fully saturated rings. The van der Waals surface area contributed by atoms with Crippen LogP contribution in [0.15, 0.2) is 30.2 Å². The van der Waals surface area contributed by atoms with Crippen molar-refractivity contribution in [1.82, 2.24) is 0 Å². The Kier molecular flexibility index (Phi) is 5.30. The summed E-state index contributed by atoms with van der Waals surface area (Å²) in [6.07, 6.45) is -0.132. The van der Waals surface area contributed by atoms with Gasteiger partial charge in [0.2, 0.25) is 11.6 Å². The molecule has 1 heterocycles. The van der Waals surface area contributed by atoms with E-state index in [0.29, 0.717) is 6.61 Å². The highest BCUT2D eigenvalue weighted by atomic mass is 19.1. The molecule has 0 saturated carbocycles. The lowest BCUT2D eigenvalue weighted by molar-refractivity contribution is -0.387. The Morgan fingerprint density at radius 3 is 2.79 bits per heavy atom. The molecule has 1 atom stereocenters. The first-order valence-electron chi connectivity index (χ1n) is 6.79. The van der Waals surface area contributed by atoms with Gasteiger partial charge in [0.05, 0.1) is 4.92 Å². The van der Waals surface area contributed by atoms with Crippen molar-refractivity contribution in [2.45, 2.75) is 13.0 Å². The van der Waals surface area contributed by atoms with Gasteiger partial charge in [0.25, 0.3) is 5.91 Å². The van der Waals surface area contributed by atoms with Gasteiger partial charge >= 0.3 is 11.7 Å². The Balaban J connectivity index is 1.98. The van der Waals surface area contributed by atoms with E-state index >= 15 is 0 Å². The summed E-state index contributed by atoms with van der Waals surface area (Å²) < 4.78 is 28.0. The molecule has 0 spiro atoms. The molecule has 10 heteroatoms. The van der Waals surface area contributed by atoms with Crippen molar-refractivity contribution < 1.29 is 33.1 Å². The summed E-state index contributed by atoms with van der Waals surface area (Å²) in [6, 6.07) is 2.86. The van der Waals surface area contributed by atoms with Gasteiger partial charge in [0.15, 0.2) is 6.10 Å². The van der Waals surface area contributed by atoms with E-state index in [4.69, 9.17) is 14.2 Å². The van der Waals surface area contributed by atoms with Crippen LogP contribution >= 0.6 is 0 Å². The molecule has 24 heavy (non-hydrogen) atoms. The molecule has 0 unspecified atom stereocenters. The molecular weight excluding hydrogens is 327 g/mol. The fourth-order valence-corrected chi connectivity index (χ4v) is 1.72. The maximum Gasteiger partial charge on any atom is 0.377 e. The Hall–Kier alpha value is -3.17. The van der Waals surface area contributed by atoms with Gasteiger partial charge in [-0.15, -0.1) is 0 Å². The van der Waals surface area contributed by atoms with Gasteiger partial charge in [0, 0.05) is 11.8 Å². The number of amides is 1. The lowest BCUT2D eigenvalue weighted by Crippen LogP contribution is -2.31. The van der Waals surface area contributed by atoms with E-state index in [1.807, 2.05) is 0 Å². The molecular formula is C14H13FN2O7. The molecule has 0 saturated heterocycles. The molecule has 128 valence electrons. The van der Waals surface area contributed by atoms with Crippen molar-refractivity contribution >= 4 is 23.3 Å². The zero-order valence-electron chi connectivity index (χ0n) is 12.5. The lowest BCUT2D eigenvalue weighted by atomic mass is 10.2. The van der Waals surface area contributed by atoms with Gasteiger partial charge in [-0.05, 0) is 19.1 Å². The van der Waals surface area contributed by atoms with Crippen molar-refractivity contribution in [2.24, 2.45) is 0 Å². The second-order valence-corrected chi connectivity index (χ2v) is 4.66. The number of halogens is 1. The summed E-state index contributed by atoms with van der Waals surface area (Å²) in [4.78, 5) is 33.4. The minimum absolute atomic E-state index is 0.00698. The molecule has 1 amide bonds. The predicted molar refractivity (Wildman–Crippen MR) is 77.2 cm³/mol. The number of esters is 1. The van der Waals surface area contributed by atoms with E-state index in [1.165, 1.54) is 6.92 Å². The van der Waals surface area contributed by atoms with Gasteiger partial charge in [-0.25, -0.2) is 4.79 Å². The topological polar surface area (TPSA) is 117 Å². The van der Waals surface area contributed by atoms with E-state index < -0.39 is 34.4 Å². The van der Waals surface area contributed by atoms with Crippen LogP contribution in [0.1, 0.15) is 6.92 Å². The number of carbonyl (C=O) groups excluding carboxylic acids is 2. The van der Waals surface area contributed by atoms with Crippen LogP contribution in [0.25, 0.3) is 0 Å². The van der Waals surface area contributed by atoms with Crippen molar-refractivity contribution in [3.05, 3.63) is 46.2 Å². The van der Waals surface area contributed by atoms with Crippen LogP contribution < -0.4 is 5.32 Å². The molecule has 0 bridgehead atoms. The number of anilines is 1. The summed E-state index contributed by atoms with van der Waals surface area (Å²) in [5, 5.41) is 13.0. The summed E-state index contributed by atoms with van der Waals surface area (Å²) in [5.74, 6) is -2.83. The average Bonchev–Trinajstić information content (AvgIpc) is 2.57. The van der Waals surface area contributed by atoms with Crippen LogP contribution in [-0.2, 0) is 23.8 Å². The van der Waals surface area contributed by atoms with Gasteiger partial charge < -0.3 is 19.5 Å². The molecule has 2 rings (SSSR count). The van der Waals surface area contributed by atoms with Gasteiger partial charge in [-0.1, -0.05) is 0 Å². The van der Waals surface area contributed by atoms with Crippen LogP contribution in [-0.4, -0.2) is 36.1 Å². The van der Waals surface area contributed by atoms with Gasteiger partial charge in [-0.3, -0.25) is 14.9 Å². The minimum atomic E-state index is -1.21. The number of nitro groups is 1. The Labute approximate surface area is 135 Å². The van der Waals surface area contributed by atoms with E-state index in [1.54, 1.807) is 0 Å². The SMILES string of the molecule is C[C@H](OC(=O)C1=COCCO1)C(=O)Nc1ccc(F)c([N+](=O)[O-])c1. The van der Waals surface area contributed by atoms with E-state index in [0.717, 1.165) is 24.5 Å². The molecule has 1 N–H and O–H groups in total. The summed E-state index contributed by atoms with van der Waals surface area (Å²) in [7, 11) is 0. The first-order chi connectivity index (χ1) is 11.4. The third-order valence-corrected chi connectivity index (χ3v) is 2.91. The highest BCUT2D eigenvalue weighted by molar-refractivity contribution is 5.96. The van der Waals surface area contributed by atoms with E-state index in [2.05, 4.69) is 5.32 Å². The molecule has 1 aliphatic rings. The standard InChI is InChI=1S/C14H13FN2O7/c1-8(24-14(19)12-7-22-4-5-23-12)13(18)16-9-2-3-10(15)11(6-9)17(20)21/h2-3,6-8H,4-5H2,1H3,(H,16,18)/t8-/m0/s1. The van der Waals surface area contributed by atoms with Crippen molar-refractivity contribution in [3.8, 4) is 0 Å². The number of nitrogens with one attached hydrogen (secondary N) is 1. The third kappa shape index (κ3) is 4.18. The smallest absolute Gasteiger partial charge is 0.377 e. The summed E-state index contributed by atoms with van der Waals surface area (Å²) in [6.45, 7) is 1.78. The first-order valence-corrected chi connectivity index (χ1v) is 6.79. The van der Waals surface area contributed by atoms with Crippen LogP contribution in [0.2, 0.25) is 0 Å². The number of rotatable bonds is 5. The second-order valence-electron chi connectivity index (χ2n) is 4.66. The maximum atomic E-state index is 13.2. The number of ether oxygens (including phenoxy) is 3. The predicted octanol–water partition coefficient (Wildman–Crippen LogP) is 1.49. The fourth-order valence-electron chi connectivity index (χ4n) is 1.72. The van der Waals surface area contributed by atoms with Crippen LogP contribution in [0.5, 0.6) is 0 Å². The molecule has 0 aromatic heterocycles. The summed E-state index contributed by atoms with van der Waals surface area (Å²) in [5.41, 5.74) is -0.789. The zero-order chi connectivity index (χ0) is 17.7. The average molecular weight is 340 g/mol. The molecule has 1 aromatic carbocycles. The summed E-state index contributed by atoms with van der Waals surface area (Å²) >= 11 is 0. The largest absolute Gasteiger partial charge is 0.493 e. The molecule has 9 nitrogen and oxygen atoms in total. The number of hydrogen-bond acceptors (Lipinski definition) is 7. The van der Waals surface area contributed by atoms with Crippen molar-refractivity contribution in [3.63, 3.8) is 0 Å².